The van der Waals surface area contributed by atoms with Crippen molar-refractivity contribution >= 4 is 33.2 Å². The van der Waals surface area contributed by atoms with Crippen LogP contribution in [0.5, 0.6) is 0 Å². The van der Waals surface area contributed by atoms with Crippen molar-refractivity contribution in [2.24, 2.45) is 5.73 Å². The Balaban J connectivity index is 2.66. The Morgan fingerprint density at radius 2 is 2.24 bits per heavy atom. The molecule has 0 saturated carbocycles. The van der Waals surface area contributed by atoms with Crippen molar-refractivity contribution in [3.05, 3.63) is 43.1 Å². The molecule has 0 aromatic carbocycles. The first-order valence-electron chi connectivity index (χ1n) is 6.03. The van der Waals surface area contributed by atoms with Crippen LogP contribution in [-0.2, 0) is 14.3 Å². The van der Waals surface area contributed by atoms with Crippen LogP contribution in [-0.4, -0.2) is 13.1 Å². The van der Waals surface area contributed by atoms with Crippen LogP contribution in [0.3, 0.4) is 0 Å². The van der Waals surface area contributed by atoms with E-state index in [0.29, 0.717) is 11.3 Å². The van der Waals surface area contributed by atoms with Gasteiger partial charge in [-0.05, 0) is 35.8 Å². The third kappa shape index (κ3) is 2.69. The maximum Gasteiger partial charge on any atom is 0.338 e. The third-order valence-corrected chi connectivity index (χ3v) is 5.37. The Morgan fingerprint density at radius 3 is 2.71 bits per heavy atom. The smallest absolute Gasteiger partial charge is 0.338 e. The number of nitrogens with zero attached hydrogens (tertiary/aromatic N) is 1. The van der Waals surface area contributed by atoms with Crippen LogP contribution in [0.4, 0.5) is 0 Å². The molecule has 0 aliphatic carbocycles. The largest absolute Gasteiger partial charge is 0.466 e. The number of esters is 1. The number of aryl methyl sites for hydroxylation is 1. The molecule has 1 aromatic rings. The summed E-state index contributed by atoms with van der Waals surface area (Å²) in [4.78, 5) is 14.0. The summed E-state index contributed by atoms with van der Waals surface area (Å²) in [6, 6.07) is 3.93. The van der Waals surface area contributed by atoms with E-state index < -0.39 is 11.9 Å². The van der Waals surface area contributed by atoms with E-state index in [1.807, 2.05) is 19.1 Å². The molecule has 1 atom stereocenters. The van der Waals surface area contributed by atoms with E-state index in [2.05, 4.69) is 15.9 Å². The van der Waals surface area contributed by atoms with Gasteiger partial charge in [-0.3, -0.25) is 0 Å². The topological polar surface area (TPSA) is 85.3 Å². The van der Waals surface area contributed by atoms with Gasteiger partial charge in [-0.2, -0.15) is 5.26 Å². The van der Waals surface area contributed by atoms with Crippen molar-refractivity contribution in [3.63, 3.8) is 0 Å². The van der Waals surface area contributed by atoms with Gasteiger partial charge in [0.05, 0.1) is 18.6 Å². The van der Waals surface area contributed by atoms with Gasteiger partial charge in [0.2, 0.25) is 5.88 Å². The Morgan fingerprint density at radius 1 is 1.57 bits per heavy atom. The first kappa shape index (κ1) is 15.6. The molecule has 5 nitrogen and oxygen atoms in total. The standard InChI is InChI=1S/C14H13BrN2O3S/c1-6-11(14(18)19-3)12(8(5-16)13(17)20-6)10-4-9(15)7(2)21-10/h4,12H,17H2,1-3H3/t12-/m1/s1. The number of allylic oxidation sites excluding steroid dienone is 2. The van der Waals surface area contributed by atoms with Crippen molar-refractivity contribution in [1.29, 1.82) is 5.26 Å². The summed E-state index contributed by atoms with van der Waals surface area (Å²) >= 11 is 4.94. The molecule has 1 aromatic heterocycles. The zero-order valence-corrected chi connectivity index (χ0v) is 14.1. The number of hydrogen-bond donors (Lipinski definition) is 1. The summed E-state index contributed by atoms with van der Waals surface area (Å²) in [6.45, 7) is 3.58. The van der Waals surface area contributed by atoms with Gasteiger partial charge in [0, 0.05) is 14.2 Å². The highest BCUT2D eigenvalue weighted by molar-refractivity contribution is 9.10. The molecular formula is C14H13BrN2O3S. The fourth-order valence-corrected chi connectivity index (χ4v) is 3.85. The monoisotopic (exact) mass is 368 g/mol. The third-order valence-electron chi connectivity index (χ3n) is 3.17. The lowest BCUT2D eigenvalue weighted by molar-refractivity contribution is -0.136. The molecule has 0 bridgehead atoms. The van der Waals surface area contributed by atoms with Crippen LogP contribution in [0, 0.1) is 18.3 Å². The van der Waals surface area contributed by atoms with Gasteiger partial charge >= 0.3 is 5.97 Å². The van der Waals surface area contributed by atoms with Crippen LogP contribution < -0.4 is 5.73 Å². The summed E-state index contributed by atoms with van der Waals surface area (Å²) in [7, 11) is 1.29. The molecule has 21 heavy (non-hydrogen) atoms. The molecule has 0 fully saturated rings. The number of nitriles is 1. The van der Waals surface area contributed by atoms with Gasteiger partial charge in [0.15, 0.2) is 0 Å². The normalized spacial score (nSPS) is 18.3. The van der Waals surface area contributed by atoms with E-state index in [9.17, 15) is 10.1 Å². The molecule has 2 N–H and O–H groups in total. The van der Waals surface area contributed by atoms with E-state index in [4.69, 9.17) is 15.2 Å². The molecule has 0 radical (unpaired) electrons. The van der Waals surface area contributed by atoms with Crippen molar-refractivity contribution in [3.8, 4) is 6.07 Å². The van der Waals surface area contributed by atoms with Crippen LogP contribution in [0.25, 0.3) is 0 Å². The van der Waals surface area contributed by atoms with Crippen LogP contribution in [0.2, 0.25) is 0 Å². The summed E-state index contributed by atoms with van der Waals surface area (Å²) in [5.41, 5.74) is 6.32. The fourth-order valence-electron chi connectivity index (χ4n) is 2.16. The summed E-state index contributed by atoms with van der Waals surface area (Å²) in [6.07, 6.45) is 0. The highest BCUT2D eigenvalue weighted by Gasteiger charge is 2.37. The number of carbonyl (C=O) groups excluding carboxylic acids is 1. The number of thiophene rings is 1. The predicted molar refractivity (Wildman–Crippen MR) is 82.1 cm³/mol. The Hall–Kier alpha value is -1.78. The molecule has 110 valence electrons. The molecular weight excluding hydrogens is 356 g/mol. The molecule has 2 rings (SSSR count). The SMILES string of the molecule is COC(=O)C1=C(C)OC(N)=C(C#N)[C@@H]1c1cc(Br)c(C)s1. The van der Waals surface area contributed by atoms with Gasteiger partial charge in [-0.25, -0.2) is 4.79 Å². The zero-order chi connectivity index (χ0) is 15.7. The van der Waals surface area contributed by atoms with E-state index in [-0.39, 0.29) is 11.5 Å². The second-order valence-electron chi connectivity index (χ2n) is 4.44. The molecule has 0 spiro atoms. The Bertz CT molecular complexity index is 693. The molecule has 7 heteroatoms. The highest BCUT2D eigenvalue weighted by Crippen LogP contribution is 2.43. The number of nitrogens with two attached hydrogens (primary N) is 1. The van der Waals surface area contributed by atoms with E-state index >= 15 is 0 Å². The number of rotatable bonds is 2. The Labute approximate surface area is 134 Å². The predicted octanol–water partition coefficient (Wildman–Crippen LogP) is 3.07. The molecule has 1 aliphatic heterocycles. The number of methoxy groups -OCH3 is 1. The average Bonchev–Trinajstić information content (AvgIpc) is 2.77. The van der Waals surface area contributed by atoms with Gasteiger partial charge in [0.1, 0.15) is 17.4 Å². The minimum atomic E-state index is -0.564. The molecule has 0 unspecified atom stereocenters. The maximum atomic E-state index is 12.1. The number of ether oxygens (including phenoxy) is 2. The fraction of sp³-hybridized carbons (Fsp3) is 0.286. The van der Waals surface area contributed by atoms with Gasteiger partial charge in [-0.15, -0.1) is 11.3 Å². The van der Waals surface area contributed by atoms with Gasteiger partial charge in [0.25, 0.3) is 0 Å². The number of halogens is 1. The lowest BCUT2D eigenvalue weighted by atomic mass is 9.87. The molecule has 2 heterocycles. The molecule has 0 amide bonds. The minimum Gasteiger partial charge on any atom is -0.466 e. The lowest BCUT2D eigenvalue weighted by Gasteiger charge is -2.25. The van der Waals surface area contributed by atoms with E-state index in [0.717, 1.165) is 14.2 Å². The van der Waals surface area contributed by atoms with Crippen molar-refractivity contribution < 1.29 is 14.3 Å². The summed E-state index contributed by atoms with van der Waals surface area (Å²) < 4.78 is 11.1. The first-order valence-corrected chi connectivity index (χ1v) is 7.64. The lowest BCUT2D eigenvalue weighted by Crippen LogP contribution is -2.24. The maximum absolute atomic E-state index is 12.1. The molecule has 0 saturated heterocycles. The summed E-state index contributed by atoms with van der Waals surface area (Å²) in [5.74, 6) is -0.716. The number of hydrogen-bond acceptors (Lipinski definition) is 6. The number of carbonyl (C=O) groups is 1. The van der Waals surface area contributed by atoms with E-state index in [1.54, 1.807) is 6.92 Å². The quantitative estimate of drug-likeness (QED) is 0.810. The van der Waals surface area contributed by atoms with Crippen LogP contribution in [0.15, 0.2) is 33.3 Å². The van der Waals surface area contributed by atoms with Crippen molar-refractivity contribution in [2.75, 3.05) is 7.11 Å². The highest BCUT2D eigenvalue weighted by atomic mass is 79.9. The van der Waals surface area contributed by atoms with Crippen molar-refractivity contribution in [1.82, 2.24) is 0 Å². The second kappa shape index (κ2) is 5.92. The van der Waals surface area contributed by atoms with Crippen molar-refractivity contribution in [2.45, 2.75) is 19.8 Å². The Kier molecular flexibility index (Phi) is 4.40. The average molecular weight is 369 g/mol. The van der Waals surface area contributed by atoms with Crippen LogP contribution >= 0.6 is 27.3 Å². The summed E-state index contributed by atoms with van der Waals surface area (Å²) in [5, 5.41) is 9.38. The second-order valence-corrected chi connectivity index (χ2v) is 6.58. The van der Waals surface area contributed by atoms with Gasteiger partial charge < -0.3 is 15.2 Å². The zero-order valence-electron chi connectivity index (χ0n) is 11.7. The van der Waals surface area contributed by atoms with E-state index in [1.165, 1.54) is 18.4 Å². The van der Waals surface area contributed by atoms with Crippen LogP contribution in [0.1, 0.15) is 22.6 Å². The first-order chi connectivity index (χ1) is 9.90. The van der Waals surface area contributed by atoms with Gasteiger partial charge in [-0.1, -0.05) is 0 Å². The molecule has 1 aliphatic rings. The minimum absolute atomic E-state index is 0.0230.